The molecule has 15 rings (SSSR count). The number of fused-ring (bicyclic) bond motifs is 7. The highest BCUT2D eigenvalue weighted by atomic mass is 16.3. The summed E-state index contributed by atoms with van der Waals surface area (Å²) in [6.45, 7) is 24.0. The summed E-state index contributed by atoms with van der Waals surface area (Å²) in [6.07, 6.45) is 0. The first-order chi connectivity index (χ1) is 49.7. The van der Waals surface area contributed by atoms with E-state index >= 15 is 0 Å². The number of rotatable bonds is 6. The minimum Gasteiger partial charge on any atom is -0.505 e. The maximum atomic E-state index is 13.1. The molecule has 18 nitrogen and oxygen atoms in total. The van der Waals surface area contributed by atoms with Crippen molar-refractivity contribution in [3.05, 3.63) is 347 Å². The molecule has 0 saturated heterocycles. The Morgan fingerprint density at radius 3 is 0.961 bits per heavy atom. The molecule has 6 N–H and O–H groups in total. The molecule has 516 valence electrons. The van der Waals surface area contributed by atoms with Crippen LogP contribution in [0.3, 0.4) is 0 Å². The molecule has 0 saturated carbocycles. The molecule has 0 fully saturated rings. The maximum Gasteiger partial charge on any atom is 0.217 e. The molecule has 6 aliphatic carbocycles. The van der Waals surface area contributed by atoms with Gasteiger partial charge in [0.1, 0.15) is 33.3 Å². The Labute approximate surface area is 584 Å². The summed E-state index contributed by atoms with van der Waals surface area (Å²) < 4.78 is 0. The monoisotopic (exact) mass is 1360 g/mol. The van der Waals surface area contributed by atoms with E-state index < -0.39 is 27.1 Å². The highest BCUT2D eigenvalue weighted by molar-refractivity contribution is 5.95. The van der Waals surface area contributed by atoms with Crippen molar-refractivity contribution in [1.82, 2.24) is 0 Å². The van der Waals surface area contributed by atoms with Crippen molar-refractivity contribution in [2.24, 2.45) is 15.3 Å². The topological polar surface area (TPSA) is 287 Å². The molecule has 0 heterocycles. The van der Waals surface area contributed by atoms with Crippen LogP contribution in [0, 0.1) is 20.9 Å². The lowest BCUT2D eigenvalue weighted by atomic mass is 9.96. The molecule has 0 aliphatic heterocycles. The second kappa shape index (κ2) is 35.5. The van der Waals surface area contributed by atoms with E-state index in [1.165, 1.54) is 36.4 Å². The van der Waals surface area contributed by atoms with Crippen molar-refractivity contribution >= 4 is 81.7 Å². The number of nitrogens with one attached hydrogen (secondary N) is 3. The Morgan fingerprint density at radius 2 is 0.559 bits per heavy atom. The molecule has 0 amide bonds. The van der Waals surface area contributed by atoms with Gasteiger partial charge in [-0.25, -0.2) is 0 Å². The van der Waals surface area contributed by atoms with Gasteiger partial charge in [-0.05, 0) is 70.8 Å². The van der Waals surface area contributed by atoms with Crippen molar-refractivity contribution in [1.29, 1.82) is 0 Å². The third kappa shape index (κ3) is 15.3. The first-order valence-corrected chi connectivity index (χ1v) is 33.8. The van der Waals surface area contributed by atoms with Crippen LogP contribution >= 0.6 is 0 Å². The molecule has 0 unspecified atom stereocenters. The van der Waals surface area contributed by atoms with Crippen LogP contribution in [0.4, 0.5) is 17.1 Å². The van der Waals surface area contributed by atoms with Gasteiger partial charge in [0.2, 0.25) is 16.3 Å². The summed E-state index contributed by atoms with van der Waals surface area (Å²) in [4.78, 5) is 115. The minimum absolute atomic E-state index is 0.00226. The third-order valence-corrected chi connectivity index (χ3v) is 15.6. The number of phenols is 3. The Kier molecular flexibility index (Phi) is 26.6. The van der Waals surface area contributed by atoms with Gasteiger partial charge in [-0.2, -0.15) is 15.3 Å². The van der Waals surface area contributed by atoms with Crippen LogP contribution in [0.25, 0.3) is 75.8 Å². The molecule has 9 aromatic rings. The molecule has 0 radical (unpaired) electrons. The first-order valence-electron chi connectivity index (χ1n) is 33.8. The Balaban J connectivity index is 0.000000199. The molecule has 102 heavy (non-hydrogen) atoms. The smallest absolute Gasteiger partial charge is 0.217 e. The van der Waals surface area contributed by atoms with E-state index in [0.717, 1.165) is 22.2 Å². The highest BCUT2D eigenvalue weighted by Gasteiger charge is 2.19. The van der Waals surface area contributed by atoms with Crippen molar-refractivity contribution < 1.29 is 15.3 Å². The van der Waals surface area contributed by atoms with E-state index in [-0.39, 0.29) is 103 Å². The quantitative estimate of drug-likeness (QED) is 0.0513. The van der Waals surface area contributed by atoms with Gasteiger partial charge in [-0.15, -0.1) is 0 Å². The fraction of sp³-hybridized carbons (Fsp3) is 0.143. The molecule has 0 aromatic heterocycles. The third-order valence-electron chi connectivity index (χ3n) is 15.6. The first kappa shape index (κ1) is 76.4. The summed E-state index contributed by atoms with van der Waals surface area (Å²) >= 11 is 0. The standard InChI is InChI=1S/3C24H14N2O4.6C2H6/c27-19-12-10-17-20(24(30)16-8-4-3-7-15(16)22(17)28)21(19)26-25-18-11-9-13-5-1-2-6-14(13)23(18)29;27-21-15-7-3-4-8-16(15)23(29)20-17(21)10-12-19(24(20)30)26-25-18-11-9-13-5-1-2-6-14(13)22(18)28;27-21-12-18-17(22(28)15-7-3-4-8-16(15)23(18)29)11-20(21)26-25-19-10-9-13-5-1-2-6-14(13)24(19)30;6*1-2/h1-12,25,29H;1-12,25,28H;1-12,25,30H;6*1-2H3. The second-order valence-corrected chi connectivity index (χ2v) is 20.9. The van der Waals surface area contributed by atoms with Gasteiger partial charge in [-0.3, -0.25) is 59.4 Å². The summed E-state index contributed by atoms with van der Waals surface area (Å²) in [5.74, 6) is -0.0215. The number of nitrogens with zero attached hydrogens (tertiary/aromatic N) is 3. The fourth-order valence-electron chi connectivity index (χ4n) is 11.1. The van der Waals surface area contributed by atoms with Crippen molar-refractivity contribution in [2.45, 2.75) is 83.1 Å². The number of anilines is 3. The maximum absolute atomic E-state index is 13.1. The van der Waals surface area contributed by atoms with Crippen molar-refractivity contribution in [3.8, 4) is 28.4 Å². The van der Waals surface area contributed by atoms with E-state index in [1.54, 1.807) is 115 Å². The average molecular weight is 1360 g/mol. The van der Waals surface area contributed by atoms with E-state index in [0.29, 0.717) is 49.1 Å². The molecule has 9 aromatic carbocycles. The molecule has 6 aliphatic rings. The summed E-state index contributed by atoms with van der Waals surface area (Å²) in [6, 6.07) is 59.6. The normalized spacial score (nSPS) is 11.0. The zero-order valence-electron chi connectivity index (χ0n) is 58.6. The molecular weight excluding hydrogens is 1280 g/mol. The number of phenolic OH excluding ortho intramolecular Hbond substituents is 3. The number of hydrogen-bond acceptors (Lipinski definition) is 18. The van der Waals surface area contributed by atoms with Gasteiger partial charge in [0.05, 0.1) is 27.5 Å². The SMILES string of the molecule is CC.CC.CC.CC.CC.CC.O=c1c(=NNc2ccc3ccccc3c2O)ccc2c(=O)c3ccccc3c(=O)c1=2.O=c1cc2c(=O)c3ccccc3c(=O)c-2cc1=NNc1ccc2ccccc2c1O.O=c1ccc2c(=O)c3ccccc3c(=O)c=2c1=NNc1ccc2ccccc2c1O. The summed E-state index contributed by atoms with van der Waals surface area (Å²) in [7, 11) is 0. The van der Waals surface area contributed by atoms with Crippen LogP contribution < -0.4 is 81.2 Å². The lowest BCUT2D eigenvalue weighted by Crippen LogP contribution is -2.33. The number of benzene rings is 11. The van der Waals surface area contributed by atoms with Crippen molar-refractivity contribution in [2.75, 3.05) is 16.3 Å². The van der Waals surface area contributed by atoms with Crippen LogP contribution in [0.2, 0.25) is 0 Å². The van der Waals surface area contributed by atoms with Gasteiger partial charge in [-0.1, -0.05) is 247 Å². The predicted molar refractivity (Wildman–Crippen MR) is 415 cm³/mol. The molecular formula is C84H78N6O12. The Bertz CT molecular complexity index is 6380. The van der Waals surface area contributed by atoms with E-state index in [4.69, 9.17) is 0 Å². The van der Waals surface area contributed by atoms with E-state index in [2.05, 4.69) is 31.6 Å². The van der Waals surface area contributed by atoms with Crippen LogP contribution in [-0.4, -0.2) is 15.3 Å². The molecule has 0 atom stereocenters. The van der Waals surface area contributed by atoms with Gasteiger partial charge in [0, 0.05) is 70.0 Å². The summed E-state index contributed by atoms with van der Waals surface area (Å²) in [5, 5.41) is 49.7. The number of hydrogen-bond donors (Lipinski definition) is 6. The largest absolute Gasteiger partial charge is 0.505 e. The Morgan fingerprint density at radius 1 is 0.255 bits per heavy atom. The minimum atomic E-state index is -0.631. The average Bonchev–Trinajstić information content (AvgIpc) is 0.758. The highest BCUT2D eigenvalue weighted by Crippen LogP contribution is 2.34. The van der Waals surface area contributed by atoms with Crippen LogP contribution in [-0.2, 0) is 0 Å². The van der Waals surface area contributed by atoms with Gasteiger partial charge >= 0.3 is 0 Å². The van der Waals surface area contributed by atoms with E-state index in [1.807, 2.05) is 144 Å². The molecule has 0 spiro atoms. The second-order valence-electron chi connectivity index (χ2n) is 20.9. The predicted octanol–water partition coefficient (Wildman–Crippen LogP) is 13.5. The number of aromatic hydroxyl groups is 3. The van der Waals surface area contributed by atoms with Crippen LogP contribution in [0.5, 0.6) is 17.2 Å². The lowest BCUT2D eigenvalue weighted by molar-refractivity contribution is 0.483. The molecule has 18 heteroatoms. The molecule has 0 bridgehead atoms. The zero-order valence-corrected chi connectivity index (χ0v) is 58.6. The van der Waals surface area contributed by atoms with Crippen molar-refractivity contribution in [3.63, 3.8) is 0 Å². The summed E-state index contributed by atoms with van der Waals surface area (Å²) in [5.41, 5.74) is 5.29. The Hall–Kier alpha value is -13.0. The zero-order chi connectivity index (χ0) is 74.5. The van der Waals surface area contributed by atoms with Crippen LogP contribution in [0.1, 0.15) is 83.1 Å². The van der Waals surface area contributed by atoms with Gasteiger partial charge < -0.3 is 15.3 Å². The van der Waals surface area contributed by atoms with E-state index in [9.17, 15) is 58.5 Å². The van der Waals surface area contributed by atoms with Gasteiger partial charge in [0.25, 0.3) is 0 Å². The lowest BCUT2D eigenvalue weighted by Gasteiger charge is -2.07. The van der Waals surface area contributed by atoms with Crippen LogP contribution in [0.15, 0.2) is 277 Å². The van der Waals surface area contributed by atoms with Gasteiger partial charge in [0.15, 0.2) is 32.6 Å². The fourth-order valence-corrected chi connectivity index (χ4v) is 11.1.